The first-order chi connectivity index (χ1) is 6.29. The molecule has 1 nitrogen and oxygen atoms in total. The summed E-state index contributed by atoms with van der Waals surface area (Å²) in [7, 11) is 4.11. The third-order valence-electron chi connectivity index (χ3n) is 2.19. The van der Waals surface area contributed by atoms with Gasteiger partial charge in [0.15, 0.2) is 0 Å². The van der Waals surface area contributed by atoms with Gasteiger partial charge in [-0.05, 0) is 23.6 Å². The smallest absolute Gasteiger partial charge is 0.0440 e. The molecule has 0 bridgehead atoms. The van der Waals surface area contributed by atoms with Crippen molar-refractivity contribution in [2.24, 2.45) is 0 Å². The summed E-state index contributed by atoms with van der Waals surface area (Å²) in [5, 5.41) is 2.53. The van der Waals surface area contributed by atoms with Crippen LogP contribution in [0.1, 0.15) is 0 Å². The molecule has 0 fully saturated rings. The molecule has 2 rings (SSSR count). The second-order valence-electron chi connectivity index (χ2n) is 3.32. The normalized spacial score (nSPS) is 10.3. The highest BCUT2D eigenvalue weighted by atomic mass is 15.1. The van der Waals surface area contributed by atoms with Crippen LogP contribution in [0.25, 0.3) is 10.8 Å². The Bertz CT molecular complexity index is 413. The van der Waals surface area contributed by atoms with Crippen LogP contribution in [0.2, 0.25) is 0 Å². The van der Waals surface area contributed by atoms with Gasteiger partial charge in [0.2, 0.25) is 0 Å². The number of hydrogen-bond donors (Lipinski definition) is 0. The molecule has 0 aliphatic heterocycles. The molecule has 0 spiro atoms. The zero-order valence-electron chi connectivity index (χ0n) is 7.91. The first kappa shape index (κ1) is 8.11. The van der Waals surface area contributed by atoms with E-state index in [1.807, 2.05) is 12.1 Å². The molecular weight excluding hydrogens is 158 g/mol. The standard InChI is InChI=1S/C12H12N/c1-13(2)12-9-5-7-10-6-3-4-8-11(10)12/h3,5-9H,1-2H3. The Morgan fingerprint density at radius 2 is 2.00 bits per heavy atom. The first-order valence-electron chi connectivity index (χ1n) is 4.35. The number of rotatable bonds is 1. The van der Waals surface area contributed by atoms with Gasteiger partial charge < -0.3 is 4.90 Å². The van der Waals surface area contributed by atoms with E-state index in [-0.39, 0.29) is 0 Å². The highest BCUT2D eigenvalue weighted by molar-refractivity contribution is 5.93. The van der Waals surface area contributed by atoms with Crippen molar-refractivity contribution in [3.63, 3.8) is 0 Å². The minimum absolute atomic E-state index is 1.24. The largest absolute Gasteiger partial charge is 0.377 e. The lowest BCUT2D eigenvalue weighted by Gasteiger charge is -2.14. The first-order valence-corrected chi connectivity index (χ1v) is 4.35. The van der Waals surface area contributed by atoms with Crippen LogP contribution in [0, 0.1) is 6.07 Å². The summed E-state index contributed by atoms with van der Waals surface area (Å²) >= 11 is 0. The van der Waals surface area contributed by atoms with E-state index >= 15 is 0 Å². The predicted octanol–water partition coefficient (Wildman–Crippen LogP) is 2.71. The van der Waals surface area contributed by atoms with Gasteiger partial charge in [-0.2, -0.15) is 0 Å². The van der Waals surface area contributed by atoms with Gasteiger partial charge in [-0.3, -0.25) is 0 Å². The molecule has 1 radical (unpaired) electrons. The molecule has 13 heavy (non-hydrogen) atoms. The van der Waals surface area contributed by atoms with Gasteiger partial charge in [-0.15, -0.1) is 0 Å². The van der Waals surface area contributed by atoms with Crippen LogP contribution in [-0.2, 0) is 0 Å². The molecular formula is C12H12N. The van der Waals surface area contributed by atoms with E-state index in [9.17, 15) is 0 Å². The van der Waals surface area contributed by atoms with Crippen molar-refractivity contribution < 1.29 is 0 Å². The Labute approximate surface area is 78.6 Å². The summed E-state index contributed by atoms with van der Waals surface area (Å²) in [5.74, 6) is 0. The van der Waals surface area contributed by atoms with Crippen LogP contribution >= 0.6 is 0 Å². The quantitative estimate of drug-likeness (QED) is 0.636. The molecule has 1 heteroatoms. The minimum Gasteiger partial charge on any atom is -0.377 e. The molecule has 0 N–H and O–H groups in total. The highest BCUT2D eigenvalue weighted by Gasteiger charge is 2.00. The van der Waals surface area contributed by atoms with Gasteiger partial charge in [0.25, 0.3) is 0 Å². The van der Waals surface area contributed by atoms with Gasteiger partial charge in [-0.25, -0.2) is 0 Å². The summed E-state index contributed by atoms with van der Waals surface area (Å²) in [6, 6.07) is 15.5. The van der Waals surface area contributed by atoms with E-state index in [2.05, 4.69) is 49.3 Å². The summed E-state index contributed by atoms with van der Waals surface area (Å²) in [5.41, 5.74) is 1.24. The minimum atomic E-state index is 1.24. The Morgan fingerprint density at radius 1 is 1.15 bits per heavy atom. The topological polar surface area (TPSA) is 3.24 Å². The van der Waals surface area contributed by atoms with E-state index in [0.717, 1.165) is 0 Å². The lowest BCUT2D eigenvalue weighted by atomic mass is 10.1. The van der Waals surface area contributed by atoms with E-state index in [4.69, 9.17) is 0 Å². The molecule has 0 aliphatic carbocycles. The van der Waals surface area contributed by atoms with E-state index in [1.54, 1.807) is 0 Å². The second kappa shape index (κ2) is 3.09. The van der Waals surface area contributed by atoms with Crippen molar-refractivity contribution in [1.82, 2.24) is 0 Å². The fourth-order valence-electron chi connectivity index (χ4n) is 1.53. The molecule has 65 valence electrons. The Balaban J connectivity index is 2.76. The maximum absolute atomic E-state index is 3.10. The van der Waals surface area contributed by atoms with Crippen molar-refractivity contribution in [2.75, 3.05) is 19.0 Å². The van der Waals surface area contributed by atoms with Crippen molar-refractivity contribution in [3.8, 4) is 0 Å². The molecule has 0 heterocycles. The van der Waals surface area contributed by atoms with Crippen LogP contribution in [-0.4, -0.2) is 14.1 Å². The molecule has 0 aromatic heterocycles. The monoisotopic (exact) mass is 170 g/mol. The summed E-state index contributed by atoms with van der Waals surface area (Å²) in [6.45, 7) is 0. The summed E-state index contributed by atoms with van der Waals surface area (Å²) in [6.07, 6.45) is 0. The maximum atomic E-state index is 3.10. The van der Waals surface area contributed by atoms with Gasteiger partial charge in [0.1, 0.15) is 0 Å². The Kier molecular flexibility index (Phi) is 1.93. The number of hydrogen-bond acceptors (Lipinski definition) is 1. The predicted molar refractivity (Wildman–Crippen MR) is 57.1 cm³/mol. The van der Waals surface area contributed by atoms with Gasteiger partial charge >= 0.3 is 0 Å². The van der Waals surface area contributed by atoms with Gasteiger partial charge in [0, 0.05) is 25.2 Å². The number of benzene rings is 2. The fourth-order valence-corrected chi connectivity index (χ4v) is 1.53. The molecule has 0 atom stereocenters. The number of fused-ring (bicyclic) bond motifs is 1. The van der Waals surface area contributed by atoms with Crippen molar-refractivity contribution in [3.05, 3.63) is 42.5 Å². The molecule has 0 unspecified atom stereocenters. The SMILES string of the molecule is CN(C)c1cccc2cc[c]cc12. The Morgan fingerprint density at radius 3 is 2.77 bits per heavy atom. The highest BCUT2D eigenvalue weighted by Crippen LogP contribution is 2.24. The van der Waals surface area contributed by atoms with E-state index in [1.165, 1.54) is 16.5 Å². The zero-order valence-corrected chi connectivity index (χ0v) is 7.91. The molecule has 2 aromatic carbocycles. The average molecular weight is 170 g/mol. The molecule has 0 aliphatic rings. The molecule has 0 saturated carbocycles. The average Bonchev–Trinajstić information content (AvgIpc) is 2.17. The number of nitrogens with zero attached hydrogens (tertiary/aromatic N) is 1. The summed E-state index contributed by atoms with van der Waals surface area (Å²) < 4.78 is 0. The fraction of sp³-hybridized carbons (Fsp3) is 0.167. The second-order valence-corrected chi connectivity index (χ2v) is 3.32. The van der Waals surface area contributed by atoms with Gasteiger partial charge in [0.05, 0.1) is 0 Å². The van der Waals surface area contributed by atoms with Crippen LogP contribution in [0.5, 0.6) is 0 Å². The van der Waals surface area contributed by atoms with Crippen LogP contribution < -0.4 is 4.90 Å². The van der Waals surface area contributed by atoms with Crippen LogP contribution in [0.4, 0.5) is 5.69 Å². The summed E-state index contributed by atoms with van der Waals surface area (Å²) in [4.78, 5) is 2.12. The molecule has 0 saturated heterocycles. The van der Waals surface area contributed by atoms with Crippen LogP contribution in [0.3, 0.4) is 0 Å². The van der Waals surface area contributed by atoms with E-state index < -0.39 is 0 Å². The number of anilines is 1. The maximum Gasteiger partial charge on any atom is 0.0440 e. The third-order valence-corrected chi connectivity index (χ3v) is 2.19. The third kappa shape index (κ3) is 1.37. The zero-order chi connectivity index (χ0) is 9.26. The van der Waals surface area contributed by atoms with Crippen molar-refractivity contribution in [2.45, 2.75) is 0 Å². The van der Waals surface area contributed by atoms with Crippen molar-refractivity contribution >= 4 is 16.5 Å². The van der Waals surface area contributed by atoms with Gasteiger partial charge in [-0.1, -0.05) is 24.3 Å². The molecule has 0 amide bonds. The van der Waals surface area contributed by atoms with Crippen molar-refractivity contribution in [1.29, 1.82) is 0 Å². The Hall–Kier alpha value is -1.50. The van der Waals surface area contributed by atoms with Crippen LogP contribution in [0.15, 0.2) is 36.4 Å². The lowest BCUT2D eigenvalue weighted by Crippen LogP contribution is -2.08. The van der Waals surface area contributed by atoms with E-state index in [0.29, 0.717) is 0 Å². The molecule has 2 aromatic rings. The lowest BCUT2D eigenvalue weighted by molar-refractivity contribution is 1.14.